The van der Waals surface area contributed by atoms with E-state index < -0.39 is 12.0 Å². The summed E-state index contributed by atoms with van der Waals surface area (Å²) >= 11 is 0. The smallest absolute Gasteiger partial charge is 0.328 e. The Balaban J connectivity index is 2.24. The van der Waals surface area contributed by atoms with Crippen molar-refractivity contribution in [2.75, 3.05) is 7.11 Å². The van der Waals surface area contributed by atoms with Crippen LogP contribution in [0.15, 0.2) is 18.2 Å². The number of aryl methyl sites for hydroxylation is 2. The zero-order valence-electron chi connectivity index (χ0n) is 14.3. The summed E-state index contributed by atoms with van der Waals surface area (Å²) in [6.07, 6.45) is 0.545. The van der Waals surface area contributed by atoms with Crippen LogP contribution >= 0.6 is 0 Å². The van der Waals surface area contributed by atoms with Gasteiger partial charge in [-0.2, -0.15) is 0 Å². The Kier molecular flexibility index (Phi) is 5.08. The van der Waals surface area contributed by atoms with Gasteiger partial charge in [0.15, 0.2) is 0 Å². The molecule has 5 nitrogen and oxygen atoms in total. The lowest BCUT2D eigenvalue weighted by Gasteiger charge is -2.18. The highest BCUT2D eigenvalue weighted by Gasteiger charge is 2.23. The van der Waals surface area contributed by atoms with E-state index in [4.69, 9.17) is 4.74 Å². The normalized spacial score (nSPS) is 12.4. The number of hydrogen-bond donors (Lipinski definition) is 2. The lowest BCUT2D eigenvalue weighted by atomic mass is 10.0. The van der Waals surface area contributed by atoms with Crippen LogP contribution < -0.4 is 5.32 Å². The molecule has 1 aromatic carbocycles. The van der Waals surface area contributed by atoms with E-state index in [1.54, 1.807) is 6.07 Å². The Labute approximate surface area is 136 Å². The molecule has 0 aliphatic rings. The summed E-state index contributed by atoms with van der Waals surface area (Å²) in [5.74, 6) is -0.403. The van der Waals surface area contributed by atoms with Crippen LogP contribution in [0.4, 0.5) is 0 Å². The molecule has 0 spiro atoms. The van der Waals surface area contributed by atoms with Crippen molar-refractivity contribution >= 4 is 22.8 Å². The largest absolute Gasteiger partial charge is 0.467 e. The van der Waals surface area contributed by atoms with E-state index in [-0.39, 0.29) is 11.8 Å². The van der Waals surface area contributed by atoms with Crippen molar-refractivity contribution < 1.29 is 14.3 Å². The Hall–Kier alpha value is -2.30. The molecule has 2 rings (SSSR count). The topological polar surface area (TPSA) is 71.2 Å². The van der Waals surface area contributed by atoms with E-state index in [0.29, 0.717) is 12.0 Å². The lowest BCUT2D eigenvalue weighted by Crippen LogP contribution is -2.42. The molecule has 2 aromatic rings. The van der Waals surface area contributed by atoms with Gasteiger partial charge in [-0.25, -0.2) is 4.79 Å². The molecule has 0 aliphatic carbocycles. The molecule has 0 saturated carbocycles. The van der Waals surface area contributed by atoms with Crippen molar-refractivity contribution in [1.82, 2.24) is 10.3 Å². The number of aromatic nitrogens is 1. The van der Waals surface area contributed by atoms with Gasteiger partial charge in [0.25, 0.3) is 5.91 Å². The van der Waals surface area contributed by atoms with Gasteiger partial charge in [-0.3, -0.25) is 4.79 Å². The highest BCUT2D eigenvalue weighted by atomic mass is 16.5. The van der Waals surface area contributed by atoms with Gasteiger partial charge in [-0.15, -0.1) is 0 Å². The molecule has 1 heterocycles. The van der Waals surface area contributed by atoms with Crippen molar-refractivity contribution in [3.05, 3.63) is 35.0 Å². The van der Waals surface area contributed by atoms with Gasteiger partial charge in [0.2, 0.25) is 0 Å². The third-order valence-electron chi connectivity index (χ3n) is 4.07. The fraction of sp³-hybridized carbons (Fsp3) is 0.444. The number of benzene rings is 1. The Bertz CT molecular complexity index is 731. The minimum Gasteiger partial charge on any atom is -0.467 e. The van der Waals surface area contributed by atoms with Crippen molar-refractivity contribution in [1.29, 1.82) is 0 Å². The number of methoxy groups -OCH3 is 1. The zero-order valence-corrected chi connectivity index (χ0v) is 14.3. The number of rotatable bonds is 5. The first-order chi connectivity index (χ1) is 10.8. The fourth-order valence-electron chi connectivity index (χ4n) is 2.67. The predicted molar refractivity (Wildman–Crippen MR) is 90.5 cm³/mol. The zero-order chi connectivity index (χ0) is 17.1. The van der Waals surface area contributed by atoms with Crippen molar-refractivity contribution in [2.45, 2.75) is 40.2 Å². The number of carbonyl (C=O) groups excluding carboxylic acids is 2. The van der Waals surface area contributed by atoms with Crippen LogP contribution in [0.3, 0.4) is 0 Å². The van der Waals surface area contributed by atoms with Gasteiger partial charge in [0.05, 0.1) is 7.11 Å². The van der Waals surface area contributed by atoms with Crippen LogP contribution in [-0.2, 0) is 9.53 Å². The predicted octanol–water partition coefficient (Wildman–Crippen LogP) is 3.10. The molecule has 2 N–H and O–H groups in total. The van der Waals surface area contributed by atoms with Crippen LogP contribution in [0.5, 0.6) is 0 Å². The monoisotopic (exact) mass is 316 g/mol. The number of H-pyrrole nitrogens is 1. The summed E-state index contributed by atoms with van der Waals surface area (Å²) in [4.78, 5) is 27.6. The van der Waals surface area contributed by atoms with Crippen LogP contribution in [0.1, 0.15) is 41.9 Å². The molecule has 0 bridgehead atoms. The Morgan fingerprint density at radius 1 is 1.26 bits per heavy atom. The molecular formula is C18H24N2O3. The van der Waals surface area contributed by atoms with Gasteiger partial charge in [0, 0.05) is 22.2 Å². The molecule has 0 radical (unpaired) electrons. The molecule has 1 aromatic heterocycles. The molecule has 0 aliphatic heterocycles. The van der Waals surface area contributed by atoms with E-state index in [1.165, 1.54) is 7.11 Å². The summed E-state index contributed by atoms with van der Waals surface area (Å²) in [7, 11) is 1.33. The summed E-state index contributed by atoms with van der Waals surface area (Å²) < 4.78 is 4.78. The van der Waals surface area contributed by atoms with E-state index in [0.717, 1.165) is 22.2 Å². The van der Waals surface area contributed by atoms with Crippen LogP contribution in [0.2, 0.25) is 0 Å². The average Bonchev–Trinajstić information content (AvgIpc) is 2.79. The van der Waals surface area contributed by atoms with Crippen LogP contribution in [-0.4, -0.2) is 30.0 Å². The molecular weight excluding hydrogens is 292 g/mol. The van der Waals surface area contributed by atoms with E-state index >= 15 is 0 Å². The molecule has 1 atom stereocenters. The standard InChI is InChI=1S/C18H24N2O3/c1-10(2)8-16(18(22)23-5)20-17(21)13-6-7-15-14(9-13)11(3)12(4)19-15/h6-7,9-10,16,19H,8H2,1-5H3,(H,20,21)/t16-/m1/s1. The number of esters is 1. The first-order valence-corrected chi connectivity index (χ1v) is 7.81. The van der Waals surface area contributed by atoms with Crippen molar-refractivity contribution in [2.24, 2.45) is 5.92 Å². The molecule has 1 amide bonds. The third kappa shape index (κ3) is 3.73. The van der Waals surface area contributed by atoms with Crippen molar-refractivity contribution in [3.63, 3.8) is 0 Å². The second kappa shape index (κ2) is 6.86. The van der Waals surface area contributed by atoms with Gasteiger partial charge in [-0.05, 0) is 49.9 Å². The maximum atomic E-state index is 12.5. The third-order valence-corrected chi connectivity index (χ3v) is 4.07. The van der Waals surface area contributed by atoms with E-state index in [2.05, 4.69) is 10.3 Å². The second-order valence-electron chi connectivity index (χ2n) is 6.31. The molecule has 0 fully saturated rings. The van der Waals surface area contributed by atoms with Gasteiger partial charge in [-0.1, -0.05) is 13.8 Å². The molecule has 124 valence electrons. The lowest BCUT2D eigenvalue weighted by molar-refractivity contribution is -0.143. The first-order valence-electron chi connectivity index (χ1n) is 7.81. The first kappa shape index (κ1) is 17.1. The Morgan fingerprint density at radius 2 is 1.96 bits per heavy atom. The highest BCUT2D eigenvalue weighted by Crippen LogP contribution is 2.22. The number of ether oxygens (including phenoxy) is 1. The fourth-order valence-corrected chi connectivity index (χ4v) is 2.67. The van der Waals surface area contributed by atoms with Crippen LogP contribution in [0.25, 0.3) is 10.9 Å². The highest BCUT2D eigenvalue weighted by molar-refractivity contribution is 6.00. The molecule has 23 heavy (non-hydrogen) atoms. The summed E-state index contributed by atoms with van der Waals surface area (Å²) in [5.41, 5.74) is 3.76. The maximum absolute atomic E-state index is 12.5. The minimum absolute atomic E-state index is 0.263. The average molecular weight is 316 g/mol. The summed E-state index contributed by atoms with van der Waals surface area (Å²) in [5, 5.41) is 3.80. The molecule has 5 heteroatoms. The van der Waals surface area contributed by atoms with E-state index in [1.807, 2.05) is 39.8 Å². The number of hydrogen-bond acceptors (Lipinski definition) is 3. The number of aromatic amines is 1. The maximum Gasteiger partial charge on any atom is 0.328 e. The number of carbonyl (C=O) groups is 2. The number of amides is 1. The van der Waals surface area contributed by atoms with Gasteiger partial charge in [0.1, 0.15) is 6.04 Å². The van der Waals surface area contributed by atoms with Gasteiger partial charge >= 0.3 is 5.97 Å². The van der Waals surface area contributed by atoms with Crippen LogP contribution in [0, 0.1) is 19.8 Å². The second-order valence-corrected chi connectivity index (χ2v) is 6.31. The summed E-state index contributed by atoms with van der Waals surface area (Å²) in [6, 6.07) is 4.88. The summed E-state index contributed by atoms with van der Waals surface area (Å²) in [6.45, 7) is 8.02. The van der Waals surface area contributed by atoms with Gasteiger partial charge < -0.3 is 15.0 Å². The molecule has 0 saturated heterocycles. The van der Waals surface area contributed by atoms with Crippen molar-refractivity contribution in [3.8, 4) is 0 Å². The quantitative estimate of drug-likeness (QED) is 0.833. The molecule has 0 unspecified atom stereocenters. The Morgan fingerprint density at radius 3 is 2.57 bits per heavy atom. The van der Waals surface area contributed by atoms with E-state index in [9.17, 15) is 9.59 Å². The number of fused-ring (bicyclic) bond motifs is 1. The number of nitrogens with one attached hydrogen (secondary N) is 2. The minimum atomic E-state index is -0.628. The SMILES string of the molecule is COC(=O)[C@@H](CC(C)C)NC(=O)c1ccc2[nH]c(C)c(C)c2c1.